The van der Waals surface area contributed by atoms with Crippen LogP contribution in [0.15, 0.2) is 12.1 Å². The number of ketones is 1. The number of hydrogen-bond donors (Lipinski definition) is 0. The van der Waals surface area contributed by atoms with Gasteiger partial charge in [0, 0.05) is 0 Å². The van der Waals surface area contributed by atoms with Gasteiger partial charge in [0.05, 0.1) is 11.7 Å². The van der Waals surface area contributed by atoms with E-state index in [1.165, 1.54) is 6.92 Å². The molecule has 0 saturated carbocycles. The summed E-state index contributed by atoms with van der Waals surface area (Å²) in [7, 11) is 0. The maximum Gasteiger partial charge on any atom is 0.191 e. The smallest absolute Gasteiger partial charge is 0.191 e. The van der Waals surface area contributed by atoms with Crippen LogP contribution < -0.4 is 4.74 Å². The molecule has 0 N–H and O–H groups in total. The van der Waals surface area contributed by atoms with E-state index in [2.05, 4.69) is 0 Å². The summed E-state index contributed by atoms with van der Waals surface area (Å²) in [5.41, 5.74) is -0.160. The molecule has 1 aromatic rings. The highest BCUT2D eigenvalue weighted by Crippen LogP contribution is 2.25. The van der Waals surface area contributed by atoms with Crippen LogP contribution in [0.5, 0.6) is 5.75 Å². The van der Waals surface area contributed by atoms with Crippen LogP contribution in [-0.2, 0) is 0 Å². The molecule has 15 heavy (non-hydrogen) atoms. The third-order valence-electron chi connectivity index (χ3n) is 1.78. The van der Waals surface area contributed by atoms with E-state index in [0.717, 1.165) is 12.1 Å². The Morgan fingerprint density at radius 3 is 2.40 bits per heavy atom. The van der Waals surface area contributed by atoms with Gasteiger partial charge in [0.25, 0.3) is 0 Å². The Kier molecular flexibility index (Phi) is 3.39. The highest BCUT2D eigenvalue weighted by Gasteiger charge is 2.18. The standard InChI is InChI=1S/C11H12F2O2/c1-6(2)15-11-9(12)5-4-8(7(3)14)10(11)13/h4-6H,1-3H3. The van der Waals surface area contributed by atoms with Crippen molar-refractivity contribution in [3.63, 3.8) is 0 Å². The molecule has 0 aliphatic rings. The van der Waals surface area contributed by atoms with Gasteiger partial charge in [-0.15, -0.1) is 0 Å². The van der Waals surface area contributed by atoms with Gasteiger partial charge in [-0.3, -0.25) is 4.79 Å². The van der Waals surface area contributed by atoms with Gasteiger partial charge in [-0.05, 0) is 32.9 Å². The Morgan fingerprint density at radius 2 is 1.93 bits per heavy atom. The monoisotopic (exact) mass is 214 g/mol. The fraction of sp³-hybridized carbons (Fsp3) is 0.364. The topological polar surface area (TPSA) is 26.3 Å². The maximum atomic E-state index is 13.6. The van der Waals surface area contributed by atoms with Gasteiger partial charge >= 0.3 is 0 Å². The Bertz CT molecular complexity index is 386. The number of hydrogen-bond acceptors (Lipinski definition) is 2. The maximum absolute atomic E-state index is 13.6. The lowest BCUT2D eigenvalue weighted by atomic mass is 10.1. The molecule has 1 aromatic carbocycles. The molecule has 0 spiro atoms. The lowest BCUT2D eigenvalue weighted by Crippen LogP contribution is -2.10. The first-order valence-electron chi connectivity index (χ1n) is 4.59. The molecule has 0 amide bonds. The third kappa shape index (κ3) is 2.52. The summed E-state index contributed by atoms with van der Waals surface area (Å²) in [5.74, 6) is -2.68. The van der Waals surface area contributed by atoms with Crippen molar-refractivity contribution in [2.45, 2.75) is 26.9 Å². The van der Waals surface area contributed by atoms with Crippen LogP contribution in [0.4, 0.5) is 8.78 Å². The van der Waals surface area contributed by atoms with Gasteiger partial charge in [-0.2, -0.15) is 0 Å². The first-order chi connectivity index (χ1) is 6.93. The van der Waals surface area contributed by atoms with Crippen molar-refractivity contribution in [2.24, 2.45) is 0 Å². The molecule has 4 heteroatoms. The van der Waals surface area contributed by atoms with E-state index in [1.54, 1.807) is 13.8 Å². The molecule has 0 aliphatic heterocycles. The fourth-order valence-electron chi connectivity index (χ4n) is 1.15. The number of carbonyl (C=O) groups is 1. The van der Waals surface area contributed by atoms with Gasteiger partial charge in [0.2, 0.25) is 0 Å². The Morgan fingerprint density at radius 1 is 1.33 bits per heavy atom. The zero-order valence-corrected chi connectivity index (χ0v) is 8.80. The summed E-state index contributed by atoms with van der Waals surface area (Å²) in [6.07, 6.45) is -0.351. The molecule has 0 unspecified atom stereocenters. The van der Waals surface area contributed by atoms with Crippen LogP contribution in [0.2, 0.25) is 0 Å². The van der Waals surface area contributed by atoms with E-state index in [-0.39, 0.29) is 11.7 Å². The molecule has 0 aliphatic carbocycles. The van der Waals surface area contributed by atoms with Crippen molar-refractivity contribution in [2.75, 3.05) is 0 Å². The minimum Gasteiger partial charge on any atom is -0.485 e. The summed E-state index contributed by atoms with van der Waals surface area (Å²) in [6, 6.07) is 2.14. The van der Waals surface area contributed by atoms with Crippen molar-refractivity contribution in [1.82, 2.24) is 0 Å². The van der Waals surface area contributed by atoms with Gasteiger partial charge < -0.3 is 4.74 Å². The van der Waals surface area contributed by atoms with E-state index in [4.69, 9.17) is 4.74 Å². The van der Waals surface area contributed by atoms with Gasteiger partial charge in [0.1, 0.15) is 0 Å². The van der Waals surface area contributed by atoms with E-state index in [9.17, 15) is 13.6 Å². The number of halogens is 2. The summed E-state index contributed by atoms with van der Waals surface area (Å²) in [6.45, 7) is 4.52. The average molecular weight is 214 g/mol. The second kappa shape index (κ2) is 4.38. The second-order valence-electron chi connectivity index (χ2n) is 3.46. The number of carbonyl (C=O) groups excluding carboxylic acids is 1. The zero-order chi connectivity index (χ0) is 11.6. The molecular weight excluding hydrogens is 202 g/mol. The first-order valence-corrected chi connectivity index (χ1v) is 4.59. The fourth-order valence-corrected chi connectivity index (χ4v) is 1.15. The minimum absolute atomic E-state index is 0.160. The van der Waals surface area contributed by atoms with Crippen LogP contribution in [0.1, 0.15) is 31.1 Å². The molecule has 0 fully saturated rings. The Hall–Kier alpha value is -1.45. The van der Waals surface area contributed by atoms with Crippen LogP contribution in [0.3, 0.4) is 0 Å². The van der Waals surface area contributed by atoms with Crippen molar-refractivity contribution < 1.29 is 18.3 Å². The number of rotatable bonds is 3. The molecule has 0 radical (unpaired) electrons. The number of Topliss-reactive ketones (excluding diaryl/α,β-unsaturated/α-hetero) is 1. The Balaban J connectivity index is 3.24. The van der Waals surface area contributed by atoms with Crippen LogP contribution in [0, 0.1) is 11.6 Å². The molecule has 1 rings (SSSR count). The predicted molar refractivity (Wildman–Crippen MR) is 52.1 cm³/mol. The summed E-state index contributed by atoms with van der Waals surface area (Å²) >= 11 is 0. The average Bonchev–Trinajstić information content (AvgIpc) is 2.11. The van der Waals surface area contributed by atoms with Crippen molar-refractivity contribution in [3.8, 4) is 5.75 Å². The van der Waals surface area contributed by atoms with Gasteiger partial charge in [-0.1, -0.05) is 0 Å². The largest absolute Gasteiger partial charge is 0.485 e. The van der Waals surface area contributed by atoms with E-state index in [1.807, 2.05) is 0 Å². The quantitative estimate of drug-likeness (QED) is 0.723. The lowest BCUT2D eigenvalue weighted by Gasteiger charge is -2.12. The highest BCUT2D eigenvalue weighted by molar-refractivity contribution is 5.94. The van der Waals surface area contributed by atoms with Crippen molar-refractivity contribution in [1.29, 1.82) is 0 Å². The number of benzene rings is 1. The summed E-state index contributed by atoms with van der Waals surface area (Å²) < 4.78 is 31.7. The molecule has 0 heterocycles. The van der Waals surface area contributed by atoms with E-state index in [0.29, 0.717) is 0 Å². The minimum atomic E-state index is -0.934. The number of ether oxygens (including phenoxy) is 1. The zero-order valence-electron chi connectivity index (χ0n) is 8.80. The van der Waals surface area contributed by atoms with Crippen LogP contribution in [-0.4, -0.2) is 11.9 Å². The van der Waals surface area contributed by atoms with Gasteiger partial charge in [-0.25, -0.2) is 8.78 Å². The van der Waals surface area contributed by atoms with E-state index < -0.39 is 23.2 Å². The highest BCUT2D eigenvalue weighted by atomic mass is 19.1. The SMILES string of the molecule is CC(=O)c1ccc(F)c(OC(C)C)c1F. The predicted octanol–water partition coefficient (Wildman–Crippen LogP) is 2.95. The first kappa shape index (κ1) is 11.6. The molecule has 0 atom stereocenters. The summed E-state index contributed by atoms with van der Waals surface area (Å²) in [5, 5.41) is 0. The third-order valence-corrected chi connectivity index (χ3v) is 1.78. The van der Waals surface area contributed by atoms with Crippen molar-refractivity contribution >= 4 is 5.78 Å². The normalized spacial score (nSPS) is 10.5. The van der Waals surface area contributed by atoms with Crippen molar-refractivity contribution in [3.05, 3.63) is 29.3 Å². The molecule has 82 valence electrons. The van der Waals surface area contributed by atoms with E-state index >= 15 is 0 Å². The molecule has 0 aromatic heterocycles. The second-order valence-corrected chi connectivity index (χ2v) is 3.46. The van der Waals surface area contributed by atoms with Gasteiger partial charge in [0.15, 0.2) is 23.2 Å². The van der Waals surface area contributed by atoms with Crippen LogP contribution >= 0.6 is 0 Å². The molecule has 0 saturated heterocycles. The molecular formula is C11H12F2O2. The molecule has 0 bridgehead atoms. The molecule has 2 nitrogen and oxygen atoms in total. The Labute approximate surface area is 86.9 Å². The van der Waals surface area contributed by atoms with Crippen LogP contribution in [0.25, 0.3) is 0 Å². The lowest BCUT2D eigenvalue weighted by molar-refractivity contribution is 0.101. The summed E-state index contributed by atoms with van der Waals surface area (Å²) in [4.78, 5) is 11.0.